The maximum absolute atomic E-state index is 12.5. The largest absolute Gasteiger partial charge is 0.481 e. The maximum atomic E-state index is 12.5. The lowest BCUT2D eigenvalue weighted by Crippen LogP contribution is -2.53. The van der Waals surface area contributed by atoms with Crippen molar-refractivity contribution in [2.24, 2.45) is 5.92 Å². The van der Waals surface area contributed by atoms with Gasteiger partial charge in [-0.1, -0.05) is 0 Å². The molecule has 2 amide bonds. The zero-order valence-corrected chi connectivity index (χ0v) is 11.6. The van der Waals surface area contributed by atoms with E-state index in [1.807, 2.05) is 0 Å². The van der Waals surface area contributed by atoms with Crippen molar-refractivity contribution in [2.45, 2.75) is 25.3 Å². The molecule has 2 fully saturated rings. The number of carboxylic acid groups (broad SMARTS) is 1. The zero-order chi connectivity index (χ0) is 14.7. The highest BCUT2D eigenvalue weighted by molar-refractivity contribution is 5.87. The number of aliphatic carboxylic acids is 1. The van der Waals surface area contributed by atoms with E-state index in [4.69, 9.17) is 9.84 Å². The SMILES string of the molecule is CN1CCC(C(=O)N2CCOCC2CC(=O)O)CC1=O. The molecule has 2 unspecified atom stereocenters. The number of rotatable bonds is 3. The molecule has 2 saturated heterocycles. The first-order valence-corrected chi connectivity index (χ1v) is 6.83. The van der Waals surface area contributed by atoms with Crippen molar-refractivity contribution >= 4 is 17.8 Å². The Kier molecular flexibility index (Phi) is 4.59. The number of nitrogens with zero attached hydrogens (tertiary/aromatic N) is 2. The van der Waals surface area contributed by atoms with Gasteiger partial charge in [0.05, 0.1) is 25.7 Å². The van der Waals surface area contributed by atoms with Crippen LogP contribution in [-0.4, -0.2) is 72.1 Å². The lowest BCUT2D eigenvalue weighted by atomic mass is 9.94. The van der Waals surface area contributed by atoms with E-state index in [1.54, 1.807) is 16.8 Å². The van der Waals surface area contributed by atoms with E-state index in [0.29, 0.717) is 26.1 Å². The summed E-state index contributed by atoms with van der Waals surface area (Å²) in [6.07, 6.45) is 0.733. The second-order valence-electron chi connectivity index (χ2n) is 5.36. The van der Waals surface area contributed by atoms with Crippen LogP contribution in [0.4, 0.5) is 0 Å². The zero-order valence-electron chi connectivity index (χ0n) is 11.6. The number of likely N-dealkylation sites (tertiary alicyclic amines) is 1. The fourth-order valence-corrected chi connectivity index (χ4v) is 2.70. The Bertz CT molecular complexity index is 412. The van der Waals surface area contributed by atoms with Gasteiger partial charge in [0.15, 0.2) is 0 Å². The second-order valence-corrected chi connectivity index (χ2v) is 5.36. The third kappa shape index (κ3) is 3.27. The van der Waals surface area contributed by atoms with Crippen LogP contribution < -0.4 is 0 Å². The van der Waals surface area contributed by atoms with E-state index >= 15 is 0 Å². The van der Waals surface area contributed by atoms with E-state index < -0.39 is 12.0 Å². The molecule has 1 N–H and O–H groups in total. The average molecular weight is 284 g/mol. The van der Waals surface area contributed by atoms with Gasteiger partial charge in [-0.2, -0.15) is 0 Å². The molecule has 0 saturated carbocycles. The van der Waals surface area contributed by atoms with Crippen LogP contribution in [0.5, 0.6) is 0 Å². The molecule has 2 aliphatic rings. The molecule has 7 heteroatoms. The van der Waals surface area contributed by atoms with Gasteiger partial charge < -0.3 is 19.6 Å². The smallest absolute Gasteiger partial charge is 0.305 e. The number of piperidine rings is 1. The van der Waals surface area contributed by atoms with E-state index in [-0.39, 0.29) is 37.2 Å². The van der Waals surface area contributed by atoms with Crippen molar-refractivity contribution in [3.05, 3.63) is 0 Å². The molecule has 0 aromatic heterocycles. The van der Waals surface area contributed by atoms with Gasteiger partial charge in [0.2, 0.25) is 11.8 Å². The lowest BCUT2D eigenvalue weighted by molar-refractivity contribution is -0.153. The number of carbonyl (C=O) groups excluding carboxylic acids is 2. The molecule has 0 aliphatic carbocycles. The molecule has 2 atom stereocenters. The van der Waals surface area contributed by atoms with Gasteiger partial charge in [-0.3, -0.25) is 14.4 Å². The standard InChI is InChI=1S/C13H20N2O5/c1-14-3-2-9(6-11(14)16)13(19)15-4-5-20-8-10(15)7-12(17)18/h9-10H,2-8H2,1H3,(H,17,18). The summed E-state index contributed by atoms with van der Waals surface area (Å²) < 4.78 is 5.26. The van der Waals surface area contributed by atoms with Crippen molar-refractivity contribution in [1.29, 1.82) is 0 Å². The Morgan fingerprint density at radius 2 is 2.15 bits per heavy atom. The fourth-order valence-electron chi connectivity index (χ4n) is 2.70. The minimum absolute atomic E-state index is 0.0300. The molecule has 0 aromatic rings. The molecular weight excluding hydrogens is 264 g/mol. The van der Waals surface area contributed by atoms with Crippen molar-refractivity contribution in [2.75, 3.05) is 33.4 Å². The Hall–Kier alpha value is -1.63. The third-order valence-electron chi connectivity index (χ3n) is 3.93. The Labute approximate surface area is 117 Å². The minimum Gasteiger partial charge on any atom is -0.481 e. The molecule has 0 spiro atoms. The first-order valence-electron chi connectivity index (χ1n) is 6.83. The minimum atomic E-state index is -0.947. The number of carbonyl (C=O) groups is 3. The summed E-state index contributed by atoms with van der Waals surface area (Å²) in [5.74, 6) is -1.41. The normalized spacial score (nSPS) is 27.6. The first-order chi connectivity index (χ1) is 9.49. The number of hydrogen-bond acceptors (Lipinski definition) is 4. The average Bonchev–Trinajstić information content (AvgIpc) is 2.41. The van der Waals surface area contributed by atoms with Crippen LogP contribution in [0.1, 0.15) is 19.3 Å². The molecule has 0 bridgehead atoms. The predicted octanol–water partition coefficient (Wildman–Crippen LogP) is -0.443. The highest BCUT2D eigenvalue weighted by Gasteiger charge is 2.36. The van der Waals surface area contributed by atoms with Crippen LogP contribution >= 0.6 is 0 Å². The van der Waals surface area contributed by atoms with Crippen molar-refractivity contribution < 1.29 is 24.2 Å². The summed E-state index contributed by atoms with van der Waals surface area (Å²) in [6.45, 7) is 1.64. The van der Waals surface area contributed by atoms with E-state index in [9.17, 15) is 14.4 Å². The molecule has 0 radical (unpaired) electrons. The Morgan fingerprint density at radius 1 is 1.40 bits per heavy atom. The Balaban J connectivity index is 2.02. The number of morpholine rings is 1. The highest BCUT2D eigenvalue weighted by Crippen LogP contribution is 2.22. The van der Waals surface area contributed by atoms with Crippen LogP contribution in [0.3, 0.4) is 0 Å². The number of ether oxygens (including phenoxy) is 1. The van der Waals surface area contributed by atoms with Gasteiger partial charge >= 0.3 is 5.97 Å². The summed E-state index contributed by atoms with van der Waals surface area (Å²) in [5, 5.41) is 8.90. The molecule has 2 aliphatic heterocycles. The van der Waals surface area contributed by atoms with Crippen molar-refractivity contribution in [3.63, 3.8) is 0 Å². The molecule has 2 rings (SSSR count). The monoisotopic (exact) mass is 284 g/mol. The highest BCUT2D eigenvalue weighted by atomic mass is 16.5. The lowest BCUT2D eigenvalue weighted by Gasteiger charge is -2.38. The molecule has 7 nitrogen and oxygen atoms in total. The topological polar surface area (TPSA) is 87.2 Å². The number of amides is 2. The number of hydrogen-bond donors (Lipinski definition) is 1. The Morgan fingerprint density at radius 3 is 2.80 bits per heavy atom. The van der Waals surface area contributed by atoms with Gasteiger partial charge in [0, 0.05) is 32.5 Å². The van der Waals surface area contributed by atoms with Crippen molar-refractivity contribution in [3.8, 4) is 0 Å². The first kappa shape index (κ1) is 14.8. The van der Waals surface area contributed by atoms with Crippen LogP contribution in [0.25, 0.3) is 0 Å². The molecule has 20 heavy (non-hydrogen) atoms. The van der Waals surface area contributed by atoms with Gasteiger partial charge in [-0.05, 0) is 6.42 Å². The summed E-state index contributed by atoms with van der Waals surface area (Å²) in [7, 11) is 1.73. The summed E-state index contributed by atoms with van der Waals surface area (Å²) >= 11 is 0. The van der Waals surface area contributed by atoms with E-state index in [2.05, 4.69) is 0 Å². The maximum Gasteiger partial charge on any atom is 0.305 e. The van der Waals surface area contributed by atoms with Gasteiger partial charge in [-0.25, -0.2) is 0 Å². The van der Waals surface area contributed by atoms with Crippen LogP contribution in [0.15, 0.2) is 0 Å². The molecule has 2 heterocycles. The number of carboxylic acids is 1. The van der Waals surface area contributed by atoms with E-state index in [0.717, 1.165) is 0 Å². The summed E-state index contributed by atoms with van der Waals surface area (Å²) in [6, 6.07) is -0.427. The fraction of sp³-hybridized carbons (Fsp3) is 0.769. The van der Waals surface area contributed by atoms with Gasteiger partial charge in [-0.15, -0.1) is 0 Å². The summed E-state index contributed by atoms with van der Waals surface area (Å²) in [4.78, 5) is 38.3. The van der Waals surface area contributed by atoms with Gasteiger partial charge in [0.25, 0.3) is 0 Å². The molecular formula is C13H20N2O5. The van der Waals surface area contributed by atoms with Crippen molar-refractivity contribution in [1.82, 2.24) is 9.80 Å². The van der Waals surface area contributed by atoms with E-state index in [1.165, 1.54) is 0 Å². The molecule has 0 aromatic carbocycles. The summed E-state index contributed by atoms with van der Waals surface area (Å²) in [5.41, 5.74) is 0. The van der Waals surface area contributed by atoms with Crippen LogP contribution in [0, 0.1) is 5.92 Å². The molecule has 112 valence electrons. The third-order valence-corrected chi connectivity index (χ3v) is 3.93. The quantitative estimate of drug-likeness (QED) is 0.759. The van der Waals surface area contributed by atoms with Gasteiger partial charge in [0.1, 0.15) is 0 Å². The predicted molar refractivity (Wildman–Crippen MR) is 68.9 cm³/mol. The second kappa shape index (κ2) is 6.21. The van der Waals surface area contributed by atoms with Crippen LogP contribution in [0.2, 0.25) is 0 Å². The van der Waals surface area contributed by atoms with Crippen LogP contribution in [-0.2, 0) is 19.1 Å².